The summed E-state index contributed by atoms with van der Waals surface area (Å²) in [5.74, 6) is 0.899. The van der Waals surface area contributed by atoms with Gasteiger partial charge in [0.25, 0.3) is 0 Å². The van der Waals surface area contributed by atoms with Gasteiger partial charge < -0.3 is 21.5 Å². The molecule has 0 spiro atoms. The maximum atomic E-state index is 10.3. The molecule has 1 saturated carbocycles. The van der Waals surface area contributed by atoms with Crippen LogP contribution in [0.4, 0.5) is 11.6 Å². The van der Waals surface area contributed by atoms with E-state index in [-0.39, 0.29) is 6.04 Å². The van der Waals surface area contributed by atoms with Crippen molar-refractivity contribution in [2.45, 2.75) is 50.3 Å². The van der Waals surface area contributed by atoms with E-state index in [1.54, 1.807) is 4.68 Å². The molecular formula is C14H22N6O. The summed E-state index contributed by atoms with van der Waals surface area (Å²) in [5, 5.41) is 30.6. The lowest BCUT2D eigenvalue weighted by Gasteiger charge is -2.28. The van der Waals surface area contributed by atoms with E-state index in [1.807, 2.05) is 0 Å². The molecule has 1 aromatic heterocycles. The number of rotatable bonds is 3. The van der Waals surface area contributed by atoms with Crippen LogP contribution < -0.4 is 16.4 Å². The Hall–Kier alpha value is -1.78. The summed E-state index contributed by atoms with van der Waals surface area (Å²) in [6.45, 7) is 1.73. The predicted molar refractivity (Wildman–Crippen MR) is 79.8 cm³/mol. The Bertz CT molecular complexity index is 544. The van der Waals surface area contributed by atoms with Crippen molar-refractivity contribution in [3.8, 4) is 6.07 Å². The highest BCUT2D eigenvalue weighted by Gasteiger charge is 2.29. The van der Waals surface area contributed by atoms with E-state index in [1.165, 1.54) is 0 Å². The molecule has 2 unspecified atom stereocenters. The normalized spacial score (nSPS) is 26.7. The van der Waals surface area contributed by atoms with Crippen molar-refractivity contribution in [2.24, 2.45) is 0 Å². The second kappa shape index (κ2) is 5.92. The molecule has 1 aliphatic carbocycles. The quantitative estimate of drug-likeness (QED) is 0.606. The van der Waals surface area contributed by atoms with Gasteiger partial charge in [-0.25, -0.2) is 4.68 Å². The van der Waals surface area contributed by atoms with E-state index in [0.29, 0.717) is 23.2 Å². The fourth-order valence-corrected chi connectivity index (χ4v) is 3.05. The van der Waals surface area contributed by atoms with Crippen molar-refractivity contribution < 1.29 is 5.11 Å². The Labute approximate surface area is 124 Å². The molecule has 2 heterocycles. The molecule has 1 saturated heterocycles. The van der Waals surface area contributed by atoms with Gasteiger partial charge in [0.15, 0.2) is 5.82 Å². The van der Waals surface area contributed by atoms with Gasteiger partial charge in [0, 0.05) is 13.1 Å². The Kier molecular flexibility index (Phi) is 3.99. The Morgan fingerprint density at radius 1 is 1.33 bits per heavy atom. The van der Waals surface area contributed by atoms with Crippen molar-refractivity contribution in [3.05, 3.63) is 5.56 Å². The molecule has 0 radical (unpaired) electrons. The Balaban J connectivity index is 1.88. The van der Waals surface area contributed by atoms with Crippen LogP contribution in [0.5, 0.6) is 0 Å². The van der Waals surface area contributed by atoms with E-state index in [2.05, 4.69) is 21.8 Å². The van der Waals surface area contributed by atoms with Crippen LogP contribution in [0.15, 0.2) is 0 Å². The molecule has 2 fully saturated rings. The minimum Gasteiger partial charge on any atom is -0.391 e. The molecule has 21 heavy (non-hydrogen) atoms. The SMILES string of the molecule is N#Cc1c(NC2CNC2)nn(C2CCCCCC2O)c1N. The molecule has 1 aliphatic heterocycles. The molecule has 114 valence electrons. The van der Waals surface area contributed by atoms with Gasteiger partial charge in [-0.1, -0.05) is 19.3 Å². The average Bonchev–Trinajstić information content (AvgIpc) is 2.58. The minimum atomic E-state index is -0.445. The zero-order valence-corrected chi connectivity index (χ0v) is 12.0. The van der Waals surface area contributed by atoms with Crippen molar-refractivity contribution in [1.82, 2.24) is 15.1 Å². The maximum Gasteiger partial charge on any atom is 0.168 e. The smallest absolute Gasteiger partial charge is 0.168 e. The highest BCUT2D eigenvalue weighted by Crippen LogP contribution is 2.32. The number of nitrogens with two attached hydrogens (primary N) is 1. The first kappa shape index (κ1) is 14.2. The van der Waals surface area contributed by atoms with Crippen molar-refractivity contribution in [3.63, 3.8) is 0 Å². The van der Waals surface area contributed by atoms with E-state index in [4.69, 9.17) is 5.73 Å². The van der Waals surface area contributed by atoms with Crippen LogP contribution in [0, 0.1) is 11.3 Å². The maximum absolute atomic E-state index is 10.3. The lowest BCUT2D eigenvalue weighted by atomic mass is 10.1. The second-order valence-corrected chi connectivity index (χ2v) is 5.94. The number of aromatic nitrogens is 2. The van der Waals surface area contributed by atoms with E-state index in [9.17, 15) is 10.4 Å². The molecular weight excluding hydrogens is 268 g/mol. The summed E-state index contributed by atoms with van der Waals surface area (Å²) in [6.07, 6.45) is 4.38. The van der Waals surface area contributed by atoms with Crippen molar-refractivity contribution in [2.75, 3.05) is 24.1 Å². The van der Waals surface area contributed by atoms with E-state index < -0.39 is 6.10 Å². The van der Waals surface area contributed by atoms with Gasteiger partial charge >= 0.3 is 0 Å². The van der Waals surface area contributed by atoms with Gasteiger partial charge in [-0.05, 0) is 12.8 Å². The Morgan fingerprint density at radius 2 is 2.10 bits per heavy atom. The minimum absolute atomic E-state index is 0.130. The van der Waals surface area contributed by atoms with Crippen LogP contribution in [0.1, 0.15) is 43.7 Å². The summed E-state index contributed by atoms with van der Waals surface area (Å²) in [4.78, 5) is 0. The highest BCUT2D eigenvalue weighted by molar-refractivity contribution is 5.64. The Morgan fingerprint density at radius 3 is 2.76 bits per heavy atom. The predicted octanol–water partition coefficient (Wildman–Crippen LogP) is 0.587. The zero-order valence-electron chi connectivity index (χ0n) is 12.0. The summed E-state index contributed by atoms with van der Waals surface area (Å²) < 4.78 is 1.66. The lowest BCUT2D eigenvalue weighted by molar-refractivity contribution is 0.100. The monoisotopic (exact) mass is 290 g/mol. The molecule has 3 rings (SSSR count). The molecule has 0 aromatic carbocycles. The topological polar surface area (TPSA) is 112 Å². The van der Waals surface area contributed by atoms with E-state index >= 15 is 0 Å². The van der Waals surface area contributed by atoms with Crippen molar-refractivity contribution >= 4 is 11.6 Å². The standard InChI is InChI=1S/C14H22N6O/c15-6-10-13(16)20(11-4-2-1-3-5-12(11)21)19-14(10)18-9-7-17-8-9/h9,11-12,17,21H,1-5,7-8,16H2,(H,18,19). The summed E-state index contributed by atoms with van der Waals surface area (Å²) >= 11 is 0. The molecule has 0 bridgehead atoms. The molecule has 0 amide bonds. The van der Waals surface area contributed by atoms with Crippen LogP contribution in [-0.2, 0) is 0 Å². The first-order valence-electron chi connectivity index (χ1n) is 7.64. The number of hydrogen-bond donors (Lipinski definition) is 4. The van der Waals surface area contributed by atoms with E-state index in [0.717, 1.165) is 45.2 Å². The van der Waals surface area contributed by atoms with Crippen LogP contribution in [-0.4, -0.2) is 40.1 Å². The largest absolute Gasteiger partial charge is 0.391 e. The third-order valence-electron chi connectivity index (χ3n) is 4.44. The third kappa shape index (κ3) is 2.69. The lowest BCUT2D eigenvalue weighted by Crippen LogP contribution is -2.51. The van der Waals surface area contributed by atoms with Gasteiger partial charge in [-0.3, -0.25) is 0 Å². The third-order valence-corrected chi connectivity index (χ3v) is 4.44. The van der Waals surface area contributed by atoms with Crippen LogP contribution in [0.3, 0.4) is 0 Å². The van der Waals surface area contributed by atoms with Gasteiger partial charge in [0.05, 0.1) is 18.2 Å². The van der Waals surface area contributed by atoms with Crippen LogP contribution in [0.25, 0.3) is 0 Å². The first-order chi connectivity index (χ1) is 10.2. The molecule has 7 nitrogen and oxygen atoms in total. The number of aliphatic hydroxyl groups excluding tert-OH is 1. The van der Waals surface area contributed by atoms with Crippen molar-refractivity contribution in [1.29, 1.82) is 5.26 Å². The molecule has 2 aliphatic rings. The van der Waals surface area contributed by atoms with Crippen LogP contribution >= 0.6 is 0 Å². The number of nitrogens with zero attached hydrogens (tertiary/aromatic N) is 3. The number of aliphatic hydroxyl groups is 1. The number of hydrogen-bond acceptors (Lipinski definition) is 6. The van der Waals surface area contributed by atoms with Gasteiger partial charge in [0.1, 0.15) is 17.5 Å². The fourth-order valence-electron chi connectivity index (χ4n) is 3.05. The molecule has 7 heteroatoms. The fraction of sp³-hybridized carbons (Fsp3) is 0.714. The molecule has 1 aromatic rings. The molecule has 5 N–H and O–H groups in total. The van der Waals surface area contributed by atoms with Gasteiger partial charge in [0.2, 0.25) is 0 Å². The molecule has 2 atom stereocenters. The highest BCUT2D eigenvalue weighted by atomic mass is 16.3. The number of nitrogens with one attached hydrogen (secondary N) is 2. The zero-order chi connectivity index (χ0) is 14.8. The summed E-state index contributed by atoms with van der Waals surface area (Å²) in [7, 11) is 0. The first-order valence-corrected chi connectivity index (χ1v) is 7.64. The number of nitrogen functional groups attached to an aromatic ring is 1. The summed E-state index contributed by atoms with van der Waals surface area (Å²) in [6, 6.07) is 2.30. The van der Waals surface area contributed by atoms with Gasteiger partial charge in [-0.15, -0.1) is 0 Å². The van der Waals surface area contributed by atoms with Gasteiger partial charge in [-0.2, -0.15) is 10.4 Å². The second-order valence-electron chi connectivity index (χ2n) is 5.94. The average molecular weight is 290 g/mol. The summed E-state index contributed by atoms with van der Waals surface area (Å²) in [5.41, 5.74) is 6.49. The number of nitriles is 1. The van der Waals surface area contributed by atoms with Crippen LogP contribution in [0.2, 0.25) is 0 Å². The number of anilines is 2.